The van der Waals surface area contributed by atoms with Gasteiger partial charge in [-0.25, -0.2) is 14.6 Å². The normalized spacial score (nSPS) is 11.5. The monoisotopic (exact) mass is 726 g/mol. The minimum Gasteiger partial charge on any atom is -0.232 e. The predicted molar refractivity (Wildman–Crippen MR) is 236 cm³/mol. The van der Waals surface area contributed by atoms with Gasteiger partial charge in [-0.15, -0.1) is 0 Å². The van der Waals surface area contributed by atoms with Crippen LogP contribution in [0.4, 0.5) is 0 Å². The molecular formula is C53H34N4. The second-order valence-corrected chi connectivity index (χ2v) is 14.5. The smallest absolute Gasteiger partial charge is 0.160 e. The fraction of sp³-hybridized carbons (Fsp3) is 0. The Morgan fingerprint density at radius 2 is 0.860 bits per heavy atom. The molecule has 0 unspecified atom stereocenters. The number of benzene rings is 9. The van der Waals surface area contributed by atoms with Crippen molar-refractivity contribution in [1.29, 1.82) is 0 Å². The Bertz CT molecular complexity index is 3180. The summed E-state index contributed by atoms with van der Waals surface area (Å²) >= 11 is 0. The lowest BCUT2D eigenvalue weighted by atomic mass is 9.92. The van der Waals surface area contributed by atoms with E-state index in [0.717, 1.165) is 83.2 Å². The number of para-hydroxylation sites is 1. The van der Waals surface area contributed by atoms with Crippen LogP contribution in [0.1, 0.15) is 0 Å². The second-order valence-electron chi connectivity index (χ2n) is 14.5. The van der Waals surface area contributed by atoms with E-state index < -0.39 is 0 Å². The summed E-state index contributed by atoms with van der Waals surface area (Å²) in [6.07, 6.45) is 0. The van der Waals surface area contributed by atoms with Crippen LogP contribution in [-0.2, 0) is 0 Å². The molecule has 0 aliphatic carbocycles. The van der Waals surface area contributed by atoms with Crippen molar-refractivity contribution in [2.24, 2.45) is 0 Å². The Morgan fingerprint density at radius 3 is 1.51 bits per heavy atom. The Kier molecular flexibility index (Phi) is 7.78. The van der Waals surface area contributed by atoms with Crippen molar-refractivity contribution in [3.63, 3.8) is 0 Å². The highest BCUT2D eigenvalue weighted by Crippen LogP contribution is 2.43. The second kappa shape index (κ2) is 13.6. The molecule has 0 bridgehead atoms. The first-order valence-electron chi connectivity index (χ1n) is 19.3. The van der Waals surface area contributed by atoms with Gasteiger partial charge < -0.3 is 0 Å². The van der Waals surface area contributed by atoms with E-state index in [1.807, 2.05) is 6.07 Å². The highest BCUT2D eigenvalue weighted by molar-refractivity contribution is 6.17. The van der Waals surface area contributed by atoms with Gasteiger partial charge in [0.2, 0.25) is 0 Å². The van der Waals surface area contributed by atoms with Gasteiger partial charge in [-0.1, -0.05) is 164 Å². The van der Waals surface area contributed by atoms with Crippen LogP contribution in [-0.4, -0.2) is 19.7 Å². The Morgan fingerprint density at radius 1 is 0.351 bits per heavy atom. The minimum absolute atomic E-state index is 0.691. The third kappa shape index (κ3) is 5.83. The number of rotatable bonds is 6. The molecule has 0 aliphatic heterocycles. The molecule has 0 radical (unpaired) electrons. The lowest BCUT2D eigenvalue weighted by Crippen LogP contribution is -1.98. The molecule has 9 aromatic carbocycles. The van der Waals surface area contributed by atoms with E-state index in [4.69, 9.17) is 15.1 Å². The van der Waals surface area contributed by atoms with Crippen LogP contribution in [0.25, 0.3) is 105 Å². The quantitative estimate of drug-likeness (QED) is 0.171. The largest absolute Gasteiger partial charge is 0.232 e. The van der Waals surface area contributed by atoms with E-state index in [1.54, 1.807) is 0 Å². The maximum atomic E-state index is 5.38. The van der Waals surface area contributed by atoms with Crippen molar-refractivity contribution < 1.29 is 0 Å². The van der Waals surface area contributed by atoms with Crippen LogP contribution in [0.5, 0.6) is 0 Å². The van der Waals surface area contributed by atoms with E-state index >= 15 is 0 Å². The van der Waals surface area contributed by atoms with Crippen LogP contribution >= 0.6 is 0 Å². The molecule has 0 N–H and O–H groups in total. The molecular weight excluding hydrogens is 693 g/mol. The van der Waals surface area contributed by atoms with Gasteiger partial charge >= 0.3 is 0 Å². The van der Waals surface area contributed by atoms with E-state index in [-0.39, 0.29) is 0 Å². The zero-order valence-electron chi connectivity index (χ0n) is 30.9. The topological polar surface area (TPSA) is 43.6 Å². The Balaban J connectivity index is 1.17. The zero-order chi connectivity index (χ0) is 37.7. The Hall–Kier alpha value is -7.69. The number of aromatic nitrogens is 4. The summed E-state index contributed by atoms with van der Waals surface area (Å²) in [6.45, 7) is 0. The highest BCUT2D eigenvalue weighted by Gasteiger charge is 2.22. The van der Waals surface area contributed by atoms with Crippen LogP contribution < -0.4 is 0 Å². The first-order valence-corrected chi connectivity index (χ1v) is 19.3. The molecule has 0 spiro atoms. The van der Waals surface area contributed by atoms with Crippen molar-refractivity contribution in [3.8, 4) is 62.0 Å². The van der Waals surface area contributed by atoms with Crippen LogP contribution in [0, 0.1) is 0 Å². The summed E-state index contributed by atoms with van der Waals surface area (Å²) in [4.78, 5) is 10.5. The van der Waals surface area contributed by atoms with Gasteiger partial charge in [0.15, 0.2) is 5.82 Å². The molecule has 0 amide bonds. The fourth-order valence-corrected chi connectivity index (χ4v) is 8.16. The van der Waals surface area contributed by atoms with Crippen molar-refractivity contribution in [1.82, 2.24) is 19.7 Å². The summed E-state index contributed by atoms with van der Waals surface area (Å²) < 4.78 is 2.12. The molecule has 0 saturated heterocycles. The first kappa shape index (κ1) is 32.7. The third-order valence-corrected chi connectivity index (χ3v) is 11.0. The number of hydrogen-bond acceptors (Lipinski definition) is 3. The lowest BCUT2D eigenvalue weighted by Gasteiger charge is -2.14. The summed E-state index contributed by atoms with van der Waals surface area (Å²) in [5, 5.41) is 13.4. The highest BCUT2D eigenvalue weighted by atomic mass is 15.3. The fourth-order valence-electron chi connectivity index (χ4n) is 8.16. The van der Waals surface area contributed by atoms with E-state index in [2.05, 4.69) is 205 Å². The molecule has 0 atom stereocenters. The first-order chi connectivity index (χ1) is 28.2. The molecule has 4 heteroatoms. The third-order valence-electron chi connectivity index (χ3n) is 11.0. The SMILES string of the molecule is c1ccc(-c2cc3cc(-c4cc(-c5ccc6ccccc6c5)nc(-c5ccc6ccccc6c5)n4)ccc3c3c2c(-c2ccccc2)nn3-c2ccccc2)cc1. The summed E-state index contributed by atoms with van der Waals surface area (Å²) in [6, 6.07) is 72.7. The molecule has 0 aliphatic rings. The van der Waals surface area contributed by atoms with Gasteiger partial charge in [0.25, 0.3) is 0 Å². The molecule has 4 nitrogen and oxygen atoms in total. The summed E-state index contributed by atoms with van der Waals surface area (Å²) in [5.74, 6) is 0.691. The number of nitrogens with zero attached hydrogens (tertiary/aromatic N) is 4. The molecule has 57 heavy (non-hydrogen) atoms. The van der Waals surface area contributed by atoms with Gasteiger partial charge in [-0.2, -0.15) is 5.10 Å². The predicted octanol–water partition coefficient (Wildman–Crippen LogP) is 13.6. The molecule has 11 rings (SSSR count). The van der Waals surface area contributed by atoms with Gasteiger partial charge in [0.05, 0.1) is 22.6 Å². The molecule has 2 heterocycles. The minimum atomic E-state index is 0.691. The summed E-state index contributed by atoms with van der Waals surface area (Å²) in [5.41, 5.74) is 11.2. The molecule has 0 fully saturated rings. The van der Waals surface area contributed by atoms with E-state index in [9.17, 15) is 0 Å². The van der Waals surface area contributed by atoms with Crippen molar-refractivity contribution in [2.45, 2.75) is 0 Å². The zero-order valence-corrected chi connectivity index (χ0v) is 30.9. The van der Waals surface area contributed by atoms with Gasteiger partial charge in [-0.05, 0) is 80.5 Å². The van der Waals surface area contributed by atoms with Crippen molar-refractivity contribution in [2.75, 3.05) is 0 Å². The Labute approximate surface area is 330 Å². The average molecular weight is 727 g/mol. The van der Waals surface area contributed by atoms with E-state index in [1.165, 1.54) is 16.2 Å². The average Bonchev–Trinajstić information content (AvgIpc) is 3.70. The van der Waals surface area contributed by atoms with Crippen LogP contribution in [0.3, 0.4) is 0 Å². The van der Waals surface area contributed by atoms with Crippen molar-refractivity contribution >= 4 is 43.2 Å². The van der Waals surface area contributed by atoms with Crippen LogP contribution in [0.2, 0.25) is 0 Å². The standard InChI is InChI=1S/C53H34N4/c1-4-16-37(17-5-1)47-33-44-32-42(28-29-46(44)52-50(47)51(38-18-6-2-7-19-38)56-57(52)45-22-8-3-9-23-45)49-34-48(41-26-24-35-14-10-12-20-39(35)30-41)54-53(55-49)43-27-25-36-15-11-13-21-40(36)31-43/h1-34H. The lowest BCUT2D eigenvalue weighted by molar-refractivity contribution is 0.918. The summed E-state index contributed by atoms with van der Waals surface area (Å²) in [7, 11) is 0. The molecule has 266 valence electrons. The number of fused-ring (bicyclic) bond motifs is 5. The molecule has 11 aromatic rings. The van der Waals surface area contributed by atoms with Crippen LogP contribution in [0.15, 0.2) is 206 Å². The van der Waals surface area contributed by atoms with E-state index in [0.29, 0.717) is 5.82 Å². The van der Waals surface area contributed by atoms with Gasteiger partial charge in [0, 0.05) is 33.0 Å². The maximum absolute atomic E-state index is 5.38. The molecule has 0 saturated carbocycles. The van der Waals surface area contributed by atoms with Gasteiger partial charge in [-0.3, -0.25) is 0 Å². The maximum Gasteiger partial charge on any atom is 0.160 e. The number of hydrogen-bond donors (Lipinski definition) is 0. The van der Waals surface area contributed by atoms with Crippen molar-refractivity contribution in [3.05, 3.63) is 206 Å². The van der Waals surface area contributed by atoms with Gasteiger partial charge in [0.1, 0.15) is 5.69 Å². The molecule has 2 aromatic heterocycles.